The van der Waals surface area contributed by atoms with Gasteiger partial charge >= 0.3 is 43.7 Å². The van der Waals surface area contributed by atoms with Gasteiger partial charge in [0.2, 0.25) is 0 Å². The molecule has 0 aromatic rings. The molecule has 0 rings (SSSR count). The van der Waals surface area contributed by atoms with Gasteiger partial charge in [-0.25, -0.2) is 0 Å². The zero-order chi connectivity index (χ0) is 7.49. The Morgan fingerprint density at radius 3 is 1.90 bits per heavy atom. The predicted octanol–water partition coefficient (Wildman–Crippen LogP) is -1.67. The molecule has 0 aliphatic heterocycles. The third-order valence-corrected chi connectivity index (χ3v) is 0.674. The molecule has 6 heteroatoms. The Kier molecular flexibility index (Phi) is 6.99. The minimum atomic E-state index is -2.85. The van der Waals surface area contributed by atoms with Crippen LogP contribution in [0.5, 0.6) is 0 Å². The SMILES string of the molecule is O=C(O)CCC(O)(O)O.[Ca+2].[H-].[H-]. The monoisotopic (exact) mass is 178 g/mol. The minimum Gasteiger partial charge on any atom is -1.00 e. The van der Waals surface area contributed by atoms with Crippen molar-refractivity contribution in [1.29, 1.82) is 0 Å². The minimum absolute atomic E-state index is 0. The molecule has 0 heterocycles. The molecule has 0 fully saturated rings. The Morgan fingerprint density at radius 2 is 1.80 bits per heavy atom. The summed E-state index contributed by atoms with van der Waals surface area (Å²) in [5.74, 6) is -4.03. The van der Waals surface area contributed by atoms with Crippen LogP contribution in [0.2, 0.25) is 0 Å². The molecule has 0 amide bonds. The summed E-state index contributed by atoms with van der Waals surface area (Å²) in [6, 6.07) is 0. The van der Waals surface area contributed by atoms with Gasteiger partial charge in [0, 0.05) is 6.42 Å². The van der Waals surface area contributed by atoms with E-state index < -0.39 is 24.8 Å². The van der Waals surface area contributed by atoms with Gasteiger partial charge in [0.15, 0.2) is 0 Å². The second-order valence-corrected chi connectivity index (χ2v) is 1.67. The summed E-state index contributed by atoms with van der Waals surface area (Å²) in [5, 5.41) is 32.3. The first kappa shape index (κ1) is 13.2. The van der Waals surface area contributed by atoms with Crippen molar-refractivity contribution in [3.05, 3.63) is 0 Å². The summed E-state index contributed by atoms with van der Waals surface area (Å²) in [5.41, 5.74) is 0. The third-order valence-electron chi connectivity index (χ3n) is 0.674. The van der Waals surface area contributed by atoms with Crippen LogP contribution in [-0.2, 0) is 4.79 Å². The van der Waals surface area contributed by atoms with Crippen LogP contribution in [0.1, 0.15) is 15.7 Å². The van der Waals surface area contributed by atoms with Gasteiger partial charge in [0.25, 0.3) is 5.97 Å². The van der Waals surface area contributed by atoms with Gasteiger partial charge in [0.1, 0.15) is 0 Å². The first-order chi connectivity index (χ1) is 3.92. The Labute approximate surface area is 90.3 Å². The average molecular weight is 178 g/mol. The molecule has 0 saturated carbocycles. The van der Waals surface area contributed by atoms with Crippen molar-refractivity contribution in [2.45, 2.75) is 18.8 Å². The van der Waals surface area contributed by atoms with Gasteiger partial charge in [-0.3, -0.25) is 4.79 Å². The Bertz CT molecular complexity index is 115. The molecule has 0 aromatic heterocycles. The largest absolute Gasteiger partial charge is 2.00 e. The van der Waals surface area contributed by atoms with E-state index in [2.05, 4.69) is 0 Å². The number of aliphatic carboxylic acids is 1. The number of carboxylic acid groups (broad SMARTS) is 1. The van der Waals surface area contributed by atoms with E-state index in [9.17, 15) is 4.79 Å². The van der Waals surface area contributed by atoms with E-state index in [0.29, 0.717) is 0 Å². The topological polar surface area (TPSA) is 98.0 Å². The van der Waals surface area contributed by atoms with Crippen molar-refractivity contribution in [2.24, 2.45) is 0 Å². The molecule has 10 heavy (non-hydrogen) atoms. The summed E-state index contributed by atoms with van der Waals surface area (Å²) in [6.45, 7) is 0. The molecule has 0 aliphatic rings. The normalized spacial score (nSPS) is 10.3. The van der Waals surface area contributed by atoms with Crippen molar-refractivity contribution in [1.82, 2.24) is 0 Å². The van der Waals surface area contributed by atoms with Crippen molar-refractivity contribution >= 4 is 43.7 Å². The molecule has 0 spiro atoms. The second-order valence-electron chi connectivity index (χ2n) is 1.67. The van der Waals surface area contributed by atoms with E-state index in [1.165, 1.54) is 0 Å². The van der Waals surface area contributed by atoms with Crippen LogP contribution < -0.4 is 0 Å². The average Bonchev–Trinajstić information content (AvgIpc) is 1.59. The number of hydrogen-bond donors (Lipinski definition) is 4. The molecule has 0 saturated heterocycles. The summed E-state index contributed by atoms with van der Waals surface area (Å²) < 4.78 is 0. The fourth-order valence-electron chi connectivity index (χ4n) is 0.275. The Hall–Kier alpha value is 0.610. The first-order valence-electron chi connectivity index (χ1n) is 2.31. The summed E-state index contributed by atoms with van der Waals surface area (Å²) >= 11 is 0. The maximum atomic E-state index is 9.71. The molecular weight excluding hydrogens is 168 g/mol. The number of carboxylic acids is 1. The van der Waals surface area contributed by atoms with Crippen molar-refractivity contribution in [2.75, 3.05) is 0 Å². The number of hydrogen-bond acceptors (Lipinski definition) is 4. The fourth-order valence-corrected chi connectivity index (χ4v) is 0.275. The van der Waals surface area contributed by atoms with Gasteiger partial charge < -0.3 is 23.3 Å². The molecule has 0 atom stereocenters. The molecular formula is C4H10CaO5. The number of carbonyl (C=O) groups is 1. The first-order valence-corrected chi connectivity index (χ1v) is 2.31. The zero-order valence-corrected chi connectivity index (χ0v) is 7.53. The van der Waals surface area contributed by atoms with Gasteiger partial charge in [0.05, 0.1) is 6.42 Å². The van der Waals surface area contributed by atoms with Gasteiger partial charge in [-0.2, -0.15) is 0 Å². The summed E-state index contributed by atoms with van der Waals surface area (Å²) in [6.07, 6.45) is -1.05. The van der Waals surface area contributed by atoms with Crippen LogP contribution in [-0.4, -0.2) is 70.1 Å². The van der Waals surface area contributed by atoms with E-state index in [1.54, 1.807) is 0 Å². The van der Waals surface area contributed by atoms with Gasteiger partial charge in [-0.05, 0) is 0 Å². The molecule has 0 aliphatic carbocycles. The Morgan fingerprint density at radius 1 is 1.40 bits per heavy atom. The fraction of sp³-hybridized carbons (Fsp3) is 0.750. The van der Waals surface area contributed by atoms with E-state index in [1.807, 2.05) is 0 Å². The number of aliphatic hydroxyl groups is 3. The quantitative estimate of drug-likeness (QED) is 0.306. The maximum Gasteiger partial charge on any atom is 2.00 e. The van der Waals surface area contributed by atoms with Crippen LogP contribution in [0.15, 0.2) is 0 Å². The van der Waals surface area contributed by atoms with Crippen molar-refractivity contribution in [3.63, 3.8) is 0 Å². The van der Waals surface area contributed by atoms with Gasteiger partial charge in [-0.1, -0.05) is 0 Å². The molecule has 0 bridgehead atoms. The molecule has 4 N–H and O–H groups in total. The van der Waals surface area contributed by atoms with Crippen LogP contribution in [0, 0.1) is 0 Å². The molecule has 0 aromatic carbocycles. The molecule has 0 unspecified atom stereocenters. The summed E-state index contributed by atoms with van der Waals surface area (Å²) in [4.78, 5) is 9.71. The standard InChI is InChI=1S/C4H8O5.Ca.2H/c5-3(6)1-2-4(7,8)9;;;/h7-9H,1-2H2,(H,5,6);;;/q;+2;2*-1. The van der Waals surface area contributed by atoms with E-state index in [-0.39, 0.29) is 40.6 Å². The zero-order valence-electron chi connectivity index (χ0n) is 7.32. The molecule has 5 nitrogen and oxygen atoms in total. The van der Waals surface area contributed by atoms with Crippen LogP contribution in [0.4, 0.5) is 0 Å². The third kappa shape index (κ3) is 11.4. The predicted molar refractivity (Wildman–Crippen MR) is 34.2 cm³/mol. The Balaban J connectivity index is -0.000000107. The number of rotatable bonds is 3. The summed E-state index contributed by atoms with van der Waals surface area (Å²) in [7, 11) is 0. The van der Waals surface area contributed by atoms with Crippen LogP contribution >= 0.6 is 0 Å². The van der Waals surface area contributed by atoms with Gasteiger partial charge in [-0.15, -0.1) is 0 Å². The van der Waals surface area contributed by atoms with Crippen molar-refractivity contribution < 1.29 is 28.1 Å². The van der Waals surface area contributed by atoms with E-state index >= 15 is 0 Å². The van der Waals surface area contributed by atoms with Crippen LogP contribution in [0.3, 0.4) is 0 Å². The maximum absolute atomic E-state index is 9.71. The second kappa shape index (κ2) is 5.29. The van der Waals surface area contributed by atoms with Crippen LogP contribution in [0.25, 0.3) is 0 Å². The molecule has 58 valence electrons. The smallest absolute Gasteiger partial charge is 1.00 e. The van der Waals surface area contributed by atoms with Crippen molar-refractivity contribution in [3.8, 4) is 0 Å². The van der Waals surface area contributed by atoms with E-state index in [4.69, 9.17) is 20.4 Å². The van der Waals surface area contributed by atoms with E-state index in [0.717, 1.165) is 0 Å². The molecule has 0 radical (unpaired) electrons.